The van der Waals surface area contributed by atoms with Crippen LogP contribution in [0.1, 0.15) is 123 Å². The van der Waals surface area contributed by atoms with E-state index in [2.05, 4.69) is 13.8 Å². The van der Waals surface area contributed by atoms with Crippen LogP contribution in [0.2, 0.25) is 0 Å². The highest BCUT2D eigenvalue weighted by Crippen LogP contribution is 2.55. The molecular weight excluding hydrogens is 414 g/mol. The third kappa shape index (κ3) is 13.2. The van der Waals surface area contributed by atoms with Gasteiger partial charge in [-0.1, -0.05) is 71.6 Å². The Labute approximate surface area is 187 Å². The summed E-state index contributed by atoms with van der Waals surface area (Å²) in [5.41, 5.74) is -0.0182. The molecule has 1 atom stereocenters. The number of rotatable bonds is 18. The van der Waals surface area contributed by atoms with Crippen LogP contribution in [0.5, 0.6) is 0 Å². The lowest BCUT2D eigenvalue weighted by atomic mass is 9.87. The van der Waals surface area contributed by atoms with Crippen LogP contribution in [0.25, 0.3) is 0 Å². The molecule has 0 bridgehead atoms. The maximum atomic E-state index is 12.8. The Balaban J connectivity index is 2.18. The average molecular weight is 466 g/mol. The van der Waals surface area contributed by atoms with E-state index >= 15 is 0 Å². The van der Waals surface area contributed by atoms with Crippen LogP contribution >= 0.6 is 15.1 Å². The van der Waals surface area contributed by atoms with Gasteiger partial charge in [-0.2, -0.15) is 0 Å². The first-order valence-corrected chi connectivity index (χ1v) is 16.9. The van der Waals surface area contributed by atoms with Crippen molar-refractivity contribution in [3.8, 4) is 0 Å². The van der Waals surface area contributed by atoms with Crippen molar-refractivity contribution in [1.29, 1.82) is 0 Å². The Morgan fingerprint density at radius 1 is 0.733 bits per heavy atom. The fourth-order valence-corrected chi connectivity index (χ4v) is 8.66. The molecule has 4 nitrogen and oxygen atoms in total. The highest BCUT2D eigenvalue weighted by atomic mass is 31.2. The van der Waals surface area contributed by atoms with E-state index in [9.17, 15) is 19.2 Å². The van der Waals surface area contributed by atoms with Gasteiger partial charge in [-0.25, -0.2) is 9.79 Å². The van der Waals surface area contributed by atoms with Crippen LogP contribution in [0, 0.1) is 5.92 Å². The molecule has 0 saturated heterocycles. The smallest absolute Gasteiger partial charge is 0.267 e. The lowest BCUT2D eigenvalue weighted by molar-refractivity contribution is 0.329. The van der Waals surface area contributed by atoms with Crippen LogP contribution < -0.4 is 0 Å². The molecule has 1 rings (SSSR count). The van der Waals surface area contributed by atoms with Crippen molar-refractivity contribution in [3.63, 3.8) is 0 Å². The number of unbranched alkanes of at least 4 members (excludes halogenated alkanes) is 10. The second kappa shape index (κ2) is 16.2. The quantitative estimate of drug-likeness (QED) is 0.143. The van der Waals surface area contributed by atoms with Gasteiger partial charge in [0.25, 0.3) is 7.72 Å². The first-order valence-electron chi connectivity index (χ1n) is 12.9. The van der Waals surface area contributed by atoms with E-state index in [1.165, 1.54) is 51.4 Å². The summed E-state index contributed by atoms with van der Waals surface area (Å²) in [5, 5.41) is 0. The molecule has 1 unspecified atom stereocenters. The fraction of sp³-hybridized carbons (Fsp3) is 1.00. The minimum atomic E-state index is -3.02. The van der Waals surface area contributed by atoms with Gasteiger partial charge in [0.15, 0.2) is 0 Å². The largest absolute Gasteiger partial charge is 0.344 e. The summed E-state index contributed by atoms with van der Waals surface area (Å²) in [6, 6.07) is 0. The minimum absolute atomic E-state index is 0.0182. The van der Waals surface area contributed by atoms with Crippen molar-refractivity contribution in [2.75, 3.05) is 18.5 Å². The van der Waals surface area contributed by atoms with Crippen molar-refractivity contribution >= 4 is 15.1 Å². The summed E-state index contributed by atoms with van der Waals surface area (Å²) in [4.78, 5) is 31.3. The van der Waals surface area contributed by atoms with Crippen LogP contribution in [0.3, 0.4) is 0 Å². The van der Waals surface area contributed by atoms with Gasteiger partial charge >= 0.3 is 0 Å². The summed E-state index contributed by atoms with van der Waals surface area (Å²) < 4.78 is 12.8. The summed E-state index contributed by atoms with van der Waals surface area (Å²) >= 11 is 0. The maximum absolute atomic E-state index is 12.8. The standard InChI is InChI=1S/C24H50O4P2/c1-3-5-7-9-11-13-20-29(25,26)22-19-23-15-17-24(18-16-23)30(27,28)21-14-12-10-8-6-4-2/h23-26H,3-22H2,1-2H3/p+1. The second-order valence-electron chi connectivity index (χ2n) is 9.80. The molecule has 0 aromatic carbocycles. The topological polar surface area (TPSA) is 77.8 Å². The SMILES string of the molecule is CCCCCCCCP(=O)(O)C1CCC(CC[P+](O)(O)CCCCCCCC)CC1. The van der Waals surface area contributed by atoms with Gasteiger partial charge in [0.1, 0.15) is 12.3 Å². The summed E-state index contributed by atoms with van der Waals surface area (Å²) in [5.74, 6) is 0.499. The number of hydrogen-bond acceptors (Lipinski definition) is 3. The molecule has 0 amide bonds. The third-order valence-corrected chi connectivity index (χ3v) is 11.6. The Morgan fingerprint density at radius 2 is 1.23 bits per heavy atom. The van der Waals surface area contributed by atoms with E-state index in [1.54, 1.807) is 0 Å². The van der Waals surface area contributed by atoms with E-state index < -0.39 is 15.1 Å². The van der Waals surface area contributed by atoms with Gasteiger partial charge in [0.05, 0.1) is 0 Å². The molecule has 30 heavy (non-hydrogen) atoms. The van der Waals surface area contributed by atoms with Gasteiger partial charge in [-0.05, 0) is 57.3 Å². The molecule has 1 fully saturated rings. The monoisotopic (exact) mass is 465 g/mol. The zero-order valence-electron chi connectivity index (χ0n) is 19.9. The molecule has 180 valence electrons. The Bertz CT molecular complexity index is 462. The fourth-order valence-electron chi connectivity index (χ4n) is 4.78. The van der Waals surface area contributed by atoms with E-state index in [4.69, 9.17) is 0 Å². The van der Waals surface area contributed by atoms with Crippen molar-refractivity contribution in [2.24, 2.45) is 5.92 Å². The molecule has 1 aliphatic carbocycles. The Kier molecular flexibility index (Phi) is 15.4. The molecule has 0 heterocycles. The van der Waals surface area contributed by atoms with Crippen molar-refractivity contribution in [1.82, 2.24) is 0 Å². The second-order valence-corrected chi connectivity index (χ2v) is 15.1. The molecule has 0 spiro atoms. The molecular formula is C24H51O4P2+. The minimum Gasteiger partial charge on any atom is -0.344 e. The van der Waals surface area contributed by atoms with Gasteiger partial charge in [-0.15, -0.1) is 0 Å². The van der Waals surface area contributed by atoms with Crippen LogP contribution in [0.15, 0.2) is 0 Å². The zero-order valence-corrected chi connectivity index (χ0v) is 21.7. The zero-order chi connectivity index (χ0) is 22.3. The Morgan fingerprint density at radius 3 is 1.80 bits per heavy atom. The van der Waals surface area contributed by atoms with Crippen LogP contribution in [-0.2, 0) is 4.57 Å². The van der Waals surface area contributed by atoms with Crippen molar-refractivity contribution in [3.05, 3.63) is 0 Å². The first kappa shape index (κ1) is 28.6. The van der Waals surface area contributed by atoms with Crippen molar-refractivity contribution < 1.29 is 19.2 Å². The van der Waals surface area contributed by atoms with Gasteiger partial charge in [-0.3, -0.25) is 4.57 Å². The van der Waals surface area contributed by atoms with E-state index in [1.807, 2.05) is 0 Å². The molecule has 3 N–H and O–H groups in total. The molecule has 0 aliphatic heterocycles. The normalized spacial score (nSPS) is 22.2. The predicted molar refractivity (Wildman–Crippen MR) is 133 cm³/mol. The van der Waals surface area contributed by atoms with Gasteiger partial charge < -0.3 is 4.89 Å². The number of hydrogen-bond donors (Lipinski definition) is 3. The maximum Gasteiger partial charge on any atom is 0.267 e. The highest BCUT2D eigenvalue weighted by molar-refractivity contribution is 7.64. The molecule has 1 aliphatic rings. The predicted octanol–water partition coefficient (Wildman–Crippen LogP) is 7.76. The van der Waals surface area contributed by atoms with Crippen molar-refractivity contribution in [2.45, 2.75) is 129 Å². The molecule has 1 saturated carbocycles. The molecule has 0 aromatic rings. The molecule has 6 heteroatoms. The van der Waals surface area contributed by atoms with E-state index in [0.717, 1.165) is 57.8 Å². The summed E-state index contributed by atoms with van der Waals surface area (Å²) in [6.45, 7) is 4.41. The van der Waals surface area contributed by atoms with Gasteiger partial charge in [0.2, 0.25) is 7.37 Å². The third-order valence-electron chi connectivity index (χ3n) is 6.98. The van der Waals surface area contributed by atoms with E-state index in [-0.39, 0.29) is 5.66 Å². The Hall–Kier alpha value is 0.540. The van der Waals surface area contributed by atoms with E-state index in [0.29, 0.717) is 24.4 Å². The average Bonchev–Trinajstić information content (AvgIpc) is 2.72. The summed E-state index contributed by atoms with van der Waals surface area (Å²) in [7, 11) is -5.76. The highest BCUT2D eigenvalue weighted by Gasteiger charge is 2.37. The lowest BCUT2D eigenvalue weighted by Gasteiger charge is -2.31. The van der Waals surface area contributed by atoms with Gasteiger partial charge in [0, 0.05) is 11.8 Å². The molecule has 0 radical (unpaired) electrons. The van der Waals surface area contributed by atoms with Crippen LogP contribution in [0.4, 0.5) is 0 Å². The van der Waals surface area contributed by atoms with Crippen LogP contribution in [-0.4, -0.2) is 38.8 Å². The lowest BCUT2D eigenvalue weighted by Crippen LogP contribution is -2.21. The molecule has 0 aromatic heterocycles. The first-order chi connectivity index (χ1) is 14.3. The summed E-state index contributed by atoms with van der Waals surface area (Å²) in [6.07, 6.45) is 20.1.